The van der Waals surface area contributed by atoms with E-state index in [0.29, 0.717) is 30.2 Å². The molecule has 0 aliphatic heterocycles. The van der Waals surface area contributed by atoms with Gasteiger partial charge in [0.2, 0.25) is 0 Å². The molecule has 128 valence electrons. The van der Waals surface area contributed by atoms with Crippen molar-refractivity contribution in [1.82, 2.24) is 30.5 Å². The number of tetrazole rings is 1. The number of carbonyl (C=O) groups excluding carboxylic acids is 1. The van der Waals surface area contributed by atoms with Crippen molar-refractivity contribution >= 4 is 5.91 Å². The molecule has 2 heterocycles. The summed E-state index contributed by atoms with van der Waals surface area (Å²) in [5, 5.41) is 14.2. The van der Waals surface area contributed by atoms with E-state index < -0.39 is 0 Å². The number of benzene rings is 1. The summed E-state index contributed by atoms with van der Waals surface area (Å²) in [6.45, 7) is 3.37. The number of nitrogens with zero attached hydrogens (tertiary/aromatic N) is 5. The minimum atomic E-state index is -0.140. The zero-order chi connectivity index (χ0) is 17.5. The minimum Gasteiger partial charge on any atom is -0.486 e. The maximum atomic E-state index is 12.2. The first-order chi connectivity index (χ1) is 12.3. The number of nitrogens with one attached hydrogen (secondary N) is 1. The van der Waals surface area contributed by atoms with E-state index in [2.05, 4.69) is 25.8 Å². The number of amides is 1. The Morgan fingerprint density at radius 3 is 2.64 bits per heavy atom. The average Bonchev–Trinajstić information content (AvgIpc) is 3.13. The van der Waals surface area contributed by atoms with Gasteiger partial charge in [-0.15, -0.1) is 5.10 Å². The summed E-state index contributed by atoms with van der Waals surface area (Å²) < 4.78 is 7.32. The Bertz CT molecular complexity index is 817. The third-order valence-corrected chi connectivity index (χ3v) is 3.59. The number of aromatic nitrogens is 5. The van der Waals surface area contributed by atoms with Crippen LogP contribution in [0.15, 0.2) is 48.8 Å². The number of hydrogen-bond acceptors (Lipinski definition) is 6. The van der Waals surface area contributed by atoms with Gasteiger partial charge in [0.05, 0.1) is 0 Å². The van der Waals surface area contributed by atoms with Gasteiger partial charge >= 0.3 is 0 Å². The standard InChI is InChI=1S/C17H18N6O2/c1-2-23-16(20-21-22-23)12-25-15-5-3-14(4-6-15)17(24)19-11-13-7-9-18-10-8-13/h3-10H,2,11-12H2,1H3,(H,19,24). The first kappa shape index (κ1) is 16.6. The Labute approximate surface area is 144 Å². The molecule has 3 rings (SSSR count). The SMILES string of the molecule is CCn1nnnc1COc1ccc(C(=O)NCc2ccncc2)cc1. The van der Waals surface area contributed by atoms with Crippen LogP contribution in [0.1, 0.15) is 28.7 Å². The molecule has 1 aromatic carbocycles. The van der Waals surface area contributed by atoms with E-state index in [4.69, 9.17) is 4.74 Å². The van der Waals surface area contributed by atoms with E-state index in [-0.39, 0.29) is 12.5 Å². The highest BCUT2D eigenvalue weighted by Gasteiger charge is 2.07. The van der Waals surface area contributed by atoms with Crippen LogP contribution in [0.2, 0.25) is 0 Å². The van der Waals surface area contributed by atoms with Crippen molar-refractivity contribution in [2.45, 2.75) is 26.6 Å². The van der Waals surface area contributed by atoms with Gasteiger partial charge in [-0.2, -0.15) is 0 Å². The number of aryl methyl sites for hydroxylation is 1. The molecule has 8 nitrogen and oxygen atoms in total. The van der Waals surface area contributed by atoms with Gasteiger partial charge in [0.1, 0.15) is 12.4 Å². The third kappa shape index (κ3) is 4.37. The summed E-state index contributed by atoms with van der Waals surface area (Å²) in [7, 11) is 0. The van der Waals surface area contributed by atoms with Crippen molar-refractivity contribution < 1.29 is 9.53 Å². The van der Waals surface area contributed by atoms with Gasteiger partial charge in [-0.3, -0.25) is 9.78 Å². The van der Waals surface area contributed by atoms with E-state index in [1.165, 1.54) is 0 Å². The Kier molecular flexibility index (Phi) is 5.30. The summed E-state index contributed by atoms with van der Waals surface area (Å²) in [5.74, 6) is 1.16. The molecule has 25 heavy (non-hydrogen) atoms. The van der Waals surface area contributed by atoms with Gasteiger partial charge in [-0.05, 0) is 59.3 Å². The number of pyridine rings is 1. The molecule has 0 aliphatic rings. The second kappa shape index (κ2) is 8.00. The zero-order valence-electron chi connectivity index (χ0n) is 13.8. The number of hydrogen-bond donors (Lipinski definition) is 1. The van der Waals surface area contributed by atoms with E-state index in [0.717, 1.165) is 5.56 Å². The molecule has 0 fully saturated rings. The minimum absolute atomic E-state index is 0.140. The van der Waals surface area contributed by atoms with Crippen LogP contribution < -0.4 is 10.1 Å². The monoisotopic (exact) mass is 338 g/mol. The number of rotatable bonds is 7. The molecule has 2 aromatic heterocycles. The van der Waals surface area contributed by atoms with Gasteiger partial charge in [0.25, 0.3) is 5.91 Å². The predicted octanol–water partition coefficient (Wildman–Crippen LogP) is 1.60. The normalized spacial score (nSPS) is 10.4. The highest BCUT2D eigenvalue weighted by molar-refractivity contribution is 5.94. The Hall–Kier alpha value is -3.29. The van der Waals surface area contributed by atoms with Gasteiger partial charge in [-0.25, -0.2) is 4.68 Å². The lowest BCUT2D eigenvalue weighted by atomic mass is 10.2. The molecule has 0 saturated heterocycles. The van der Waals surface area contributed by atoms with Crippen LogP contribution in [0.4, 0.5) is 0 Å². The molecule has 0 aliphatic carbocycles. The molecule has 0 spiro atoms. The second-order valence-corrected chi connectivity index (χ2v) is 5.26. The Balaban J connectivity index is 1.53. The van der Waals surface area contributed by atoms with E-state index in [1.807, 2.05) is 19.1 Å². The number of ether oxygens (including phenoxy) is 1. The first-order valence-corrected chi connectivity index (χ1v) is 7.91. The van der Waals surface area contributed by atoms with Crippen LogP contribution in [-0.4, -0.2) is 31.1 Å². The van der Waals surface area contributed by atoms with Gasteiger partial charge < -0.3 is 10.1 Å². The topological polar surface area (TPSA) is 94.8 Å². The van der Waals surface area contributed by atoms with Crippen molar-refractivity contribution in [3.05, 3.63) is 65.7 Å². The molecule has 1 N–H and O–H groups in total. The Morgan fingerprint density at radius 1 is 1.16 bits per heavy atom. The fourth-order valence-corrected chi connectivity index (χ4v) is 2.21. The lowest BCUT2D eigenvalue weighted by Crippen LogP contribution is -2.22. The van der Waals surface area contributed by atoms with Crippen molar-refractivity contribution in [3.63, 3.8) is 0 Å². The average molecular weight is 338 g/mol. The van der Waals surface area contributed by atoms with Crippen molar-refractivity contribution in [3.8, 4) is 5.75 Å². The van der Waals surface area contributed by atoms with E-state index >= 15 is 0 Å². The summed E-state index contributed by atoms with van der Waals surface area (Å²) in [6.07, 6.45) is 3.39. The summed E-state index contributed by atoms with van der Waals surface area (Å²) in [6, 6.07) is 10.7. The quantitative estimate of drug-likeness (QED) is 0.703. The molecular weight excluding hydrogens is 320 g/mol. The van der Waals surface area contributed by atoms with E-state index in [1.54, 1.807) is 41.3 Å². The summed E-state index contributed by atoms with van der Waals surface area (Å²) in [5.41, 5.74) is 1.57. The van der Waals surface area contributed by atoms with Gasteiger partial charge in [-0.1, -0.05) is 0 Å². The number of carbonyl (C=O) groups is 1. The predicted molar refractivity (Wildman–Crippen MR) is 89.7 cm³/mol. The molecule has 0 radical (unpaired) electrons. The van der Waals surface area contributed by atoms with E-state index in [9.17, 15) is 4.79 Å². The van der Waals surface area contributed by atoms with Crippen LogP contribution in [0.25, 0.3) is 0 Å². The lowest BCUT2D eigenvalue weighted by molar-refractivity contribution is 0.0951. The fraction of sp³-hybridized carbons (Fsp3) is 0.235. The van der Waals surface area contributed by atoms with Crippen molar-refractivity contribution in [2.24, 2.45) is 0 Å². The van der Waals surface area contributed by atoms with Crippen LogP contribution in [0.5, 0.6) is 5.75 Å². The molecule has 8 heteroatoms. The summed E-state index contributed by atoms with van der Waals surface area (Å²) >= 11 is 0. The van der Waals surface area contributed by atoms with Crippen LogP contribution in [-0.2, 0) is 19.7 Å². The molecule has 1 amide bonds. The van der Waals surface area contributed by atoms with Crippen LogP contribution >= 0.6 is 0 Å². The molecule has 0 bridgehead atoms. The van der Waals surface area contributed by atoms with Gasteiger partial charge in [0.15, 0.2) is 5.82 Å². The maximum absolute atomic E-state index is 12.2. The smallest absolute Gasteiger partial charge is 0.251 e. The molecule has 0 saturated carbocycles. The summed E-state index contributed by atoms with van der Waals surface area (Å²) in [4.78, 5) is 16.1. The molecule has 0 unspecified atom stereocenters. The maximum Gasteiger partial charge on any atom is 0.251 e. The highest BCUT2D eigenvalue weighted by Crippen LogP contribution is 2.13. The van der Waals surface area contributed by atoms with Gasteiger partial charge in [0, 0.05) is 31.0 Å². The second-order valence-electron chi connectivity index (χ2n) is 5.26. The molecule has 3 aromatic rings. The zero-order valence-corrected chi connectivity index (χ0v) is 13.8. The van der Waals surface area contributed by atoms with Crippen LogP contribution in [0.3, 0.4) is 0 Å². The fourth-order valence-electron chi connectivity index (χ4n) is 2.21. The molecular formula is C17H18N6O2. The first-order valence-electron chi connectivity index (χ1n) is 7.91. The largest absolute Gasteiger partial charge is 0.486 e. The van der Waals surface area contributed by atoms with Crippen LogP contribution in [0, 0.1) is 0 Å². The van der Waals surface area contributed by atoms with Crippen molar-refractivity contribution in [1.29, 1.82) is 0 Å². The lowest BCUT2D eigenvalue weighted by Gasteiger charge is -2.08. The third-order valence-electron chi connectivity index (χ3n) is 3.59. The Morgan fingerprint density at radius 2 is 1.92 bits per heavy atom. The van der Waals surface area contributed by atoms with Crippen molar-refractivity contribution in [2.75, 3.05) is 0 Å². The highest BCUT2D eigenvalue weighted by atomic mass is 16.5. The molecule has 0 atom stereocenters.